The predicted octanol–water partition coefficient (Wildman–Crippen LogP) is -3.61. The highest BCUT2D eigenvalue weighted by Crippen LogP contribution is 2.11. The fourth-order valence-electron chi connectivity index (χ4n) is 1.35. The molecule has 0 bridgehead atoms. The molecule has 0 unspecified atom stereocenters. The van der Waals surface area contributed by atoms with Gasteiger partial charge in [0.15, 0.2) is 0 Å². The smallest absolute Gasteiger partial charge is 0.110 e. The summed E-state index contributed by atoms with van der Waals surface area (Å²) in [5.74, 6) is 0. The van der Waals surface area contributed by atoms with E-state index in [-0.39, 0.29) is 13.2 Å². The highest BCUT2D eigenvalue weighted by Gasteiger charge is 2.37. The molecule has 6 heteroatoms. The molecule has 0 saturated carbocycles. The number of aliphatic hydroxyl groups excluding tert-OH is 5. The van der Waals surface area contributed by atoms with Gasteiger partial charge in [0.2, 0.25) is 0 Å². The summed E-state index contributed by atoms with van der Waals surface area (Å²) in [4.78, 5) is 0. The molecule has 78 valence electrons. The minimum absolute atomic E-state index is 0.0283. The minimum Gasteiger partial charge on any atom is -0.395 e. The molecule has 1 heterocycles. The SMILES string of the molecule is OC[C@H]1NC[C@H](O)[C@H](O)[C@@H](O)[C@@H]1O. The van der Waals surface area contributed by atoms with Gasteiger partial charge in [-0.2, -0.15) is 0 Å². The molecule has 1 rings (SSSR count). The number of aliphatic hydroxyl groups is 5. The number of hydrogen-bond donors (Lipinski definition) is 6. The van der Waals surface area contributed by atoms with Crippen molar-refractivity contribution in [3.8, 4) is 0 Å². The van der Waals surface area contributed by atoms with Crippen LogP contribution in [0.15, 0.2) is 0 Å². The van der Waals surface area contributed by atoms with Crippen LogP contribution in [-0.4, -0.2) is 69.1 Å². The molecule has 0 aliphatic carbocycles. The van der Waals surface area contributed by atoms with Crippen LogP contribution < -0.4 is 5.32 Å². The molecule has 0 spiro atoms. The Morgan fingerprint density at radius 1 is 1.00 bits per heavy atom. The zero-order chi connectivity index (χ0) is 10.0. The monoisotopic (exact) mass is 193 g/mol. The second-order valence-electron chi connectivity index (χ2n) is 3.24. The van der Waals surface area contributed by atoms with Gasteiger partial charge in [0, 0.05) is 6.54 Å². The van der Waals surface area contributed by atoms with Gasteiger partial charge in [-0.25, -0.2) is 0 Å². The van der Waals surface area contributed by atoms with E-state index in [4.69, 9.17) is 5.11 Å². The highest BCUT2D eigenvalue weighted by molar-refractivity contribution is 4.92. The third-order valence-corrected chi connectivity index (χ3v) is 2.29. The highest BCUT2D eigenvalue weighted by atomic mass is 16.4. The number of nitrogens with one attached hydrogen (secondary N) is 1. The van der Waals surface area contributed by atoms with Crippen molar-refractivity contribution in [2.75, 3.05) is 13.2 Å². The maximum Gasteiger partial charge on any atom is 0.110 e. The molecule has 0 aromatic heterocycles. The van der Waals surface area contributed by atoms with Crippen LogP contribution in [0, 0.1) is 0 Å². The quantitative estimate of drug-likeness (QED) is 0.256. The second kappa shape index (κ2) is 4.32. The van der Waals surface area contributed by atoms with Crippen molar-refractivity contribution < 1.29 is 25.5 Å². The first kappa shape index (κ1) is 10.8. The predicted molar refractivity (Wildman–Crippen MR) is 42.9 cm³/mol. The Morgan fingerprint density at radius 2 is 1.62 bits per heavy atom. The van der Waals surface area contributed by atoms with Crippen LogP contribution >= 0.6 is 0 Å². The van der Waals surface area contributed by atoms with E-state index in [1.54, 1.807) is 0 Å². The molecule has 0 aromatic carbocycles. The maximum atomic E-state index is 9.36. The summed E-state index contributed by atoms with van der Waals surface area (Å²) in [5.41, 5.74) is 0. The molecule has 1 fully saturated rings. The lowest BCUT2D eigenvalue weighted by Crippen LogP contribution is -2.48. The molecule has 6 nitrogen and oxygen atoms in total. The van der Waals surface area contributed by atoms with Gasteiger partial charge in [-0.15, -0.1) is 0 Å². The fraction of sp³-hybridized carbons (Fsp3) is 1.00. The Kier molecular flexibility index (Phi) is 3.60. The van der Waals surface area contributed by atoms with E-state index in [9.17, 15) is 20.4 Å². The minimum atomic E-state index is -1.44. The van der Waals surface area contributed by atoms with E-state index in [1.165, 1.54) is 0 Å². The van der Waals surface area contributed by atoms with Crippen LogP contribution in [0.2, 0.25) is 0 Å². The van der Waals surface area contributed by atoms with Crippen LogP contribution in [0.3, 0.4) is 0 Å². The Morgan fingerprint density at radius 3 is 2.15 bits per heavy atom. The summed E-state index contributed by atoms with van der Waals surface area (Å²) in [6, 6.07) is -0.721. The zero-order valence-electron chi connectivity index (χ0n) is 7.04. The fourth-order valence-corrected chi connectivity index (χ4v) is 1.35. The first-order valence-electron chi connectivity index (χ1n) is 4.14. The number of hydrogen-bond acceptors (Lipinski definition) is 6. The van der Waals surface area contributed by atoms with Crippen LogP contribution in [0.1, 0.15) is 0 Å². The topological polar surface area (TPSA) is 113 Å². The van der Waals surface area contributed by atoms with E-state index < -0.39 is 30.5 Å². The molecule has 1 aliphatic heterocycles. The summed E-state index contributed by atoms with van der Waals surface area (Å²) < 4.78 is 0. The van der Waals surface area contributed by atoms with Crippen molar-refractivity contribution in [2.24, 2.45) is 0 Å². The lowest BCUT2D eigenvalue weighted by Gasteiger charge is -2.24. The van der Waals surface area contributed by atoms with Gasteiger partial charge in [-0.3, -0.25) is 0 Å². The normalized spacial score (nSPS) is 47.3. The Labute approximate surface area is 75.4 Å². The Hall–Kier alpha value is -0.240. The molecule has 0 radical (unpaired) electrons. The van der Waals surface area contributed by atoms with Crippen molar-refractivity contribution in [3.05, 3.63) is 0 Å². The molecule has 13 heavy (non-hydrogen) atoms. The average molecular weight is 193 g/mol. The summed E-state index contributed by atoms with van der Waals surface area (Å²) >= 11 is 0. The van der Waals surface area contributed by atoms with Gasteiger partial charge in [0.05, 0.1) is 18.8 Å². The molecular weight excluding hydrogens is 178 g/mol. The lowest BCUT2D eigenvalue weighted by atomic mass is 10.0. The maximum absolute atomic E-state index is 9.36. The van der Waals surface area contributed by atoms with Gasteiger partial charge in [-0.1, -0.05) is 0 Å². The van der Waals surface area contributed by atoms with E-state index >= 15 is 0 Å². The van der Waals surface area contributed by atoms with E-state index in [0.717, 1.165) is 0 Å². The van der Waals surface area contributed by atoms with E-state index in [1.807, 2.05) is 0 Å². The Balaban J connectivity index is 2.69. The average Bonchev–Trinajstić information content (AvgIpc) is 2.22. The van der Waals surface area contributed by atoms with Crippen molar-refractivity contribution in [1.29, 1.82) is 0 Å². The summed E-state index contributed by atoms with van der Waals surface area (Å²) in [6.45, 7) is -0.335. The summed E-state index contributed by atoms with van der Waals surface area (Å²) in [7, 11) is 0. The zero-order valence-corrected chi connectivity index (χ0v) is 7.04. The first-order valence-corrected chi connectivity index (χ1v) is 4.14. The summed E-state index contributed by atoms with van der Waals surface area (Å²) in [6.07, 6.45) is -5.25. The van der Waals surface area contributed by atoms with Crippen LogP contribution in [0.25, 0.3) is 0 Å². The third kappa shape index (κ3) is 2.16. The number of rotatable bonds is 1. The molecular formula is C7H15NO5. The van der Waals surface area contributed by atoms with E-state index in [0.29, 0.717) is 0 Å². The van der Waals surface area contributed by atoms with Crippen molar-refractivity contribution >= 4 is 0 Å². The van der Waals surface area contributed by atoms with Gasteiger partial charge in [0.1, 0.15) is 18.3 Å². The Bertz CT molecular complexity index is 165. The standard InChI is InChI=1S/C7H15NO5/c9-2-3-5(11)7(13)6(12)4(10)1-8-3/h3-13H,1-2H2/t3-,4+,5-,6+,7+/m1/s1. The van der Waals surface area contributed by atoms with Gasteiger partial charge < -0.3 is 30.8 Å². The largest absolute Gasteiger partial charge is 0.395 e. The van der Waals surface area contributed by atoms with Crippen LogP contribution in [0.5, 0.6) is 0 Å². The molecule has 0 aromatic rings. The molecule has 6 N–H and O–H groups in total. The molecule has 5 atom stereocenters. The van der Waals surface area contributed by atoms with Crippen molar-refractivity contribution in [3.63, 3.8) is 0 Å². The second-order valence-corrected chi connectivity index (χ2v) is 3.24. The summed E-state index contributed by atoms with van der Waals surface area (Å²) in [5, 5.41) is 48.5. The van der Waals surface area contributed by atoms with Crippen molar-refractivity contribution in [1.82, 2.24) is 5.32 Å². The lowest BCUT2D eigenvalue weighted by molar-refractivity contribution is -0.0980. The first-order chi connectivity index (χ1) is 6.07. The van der Waals surface area contributed by atoms with Crippen molar-refractivity contribution in [2.45, 2.75) is 30.5 Å². The van der Waals surface area contributed by atoms with Gasteiger partial charge in [-0.05, 0) is 0 Å². The van der Waals surface area contributed by atoms with E-state index in [2.05, 4.69) is 5.32 Å². The van der Waals surface area contributed by atoms with Gasteiger partial charge in [0.25, 0.3) is 0 Å². The van der Waals surface area contributed by atoms with Crippen LogP contribution in [0.4, 0.5) is 0 Å². The molecule has 0 amide bonds. The molecule has 1 aliphatic rings. The third-order valence-electron chi connectivity index (χ3n) is 2.29. The van der Waals surface area contributed by atoms with Gasteiger partial charge >= 0.3 is 0 Å². The van der Waals surface area contributed by atoms with Crippen LogP contribution in [-0.2, 0) is 0 Å². The molecule has 1 saturated heterocycles. The number of β-amino-alcohol motifs (C(OH)–C–C–N with tert-alkyl or cyclic N) is 1.